The highest BCUT2D eigenvalue weighted by atomic mass is 32.1. The fourth-order valence-corrected chi connectivity index (χ4v) is 9.30. The molecule has 2 heterocycles. The molecule has 0 amide bonds. The van der Waals surface area contributed by atoms with Gasteiger partial charge in [0, 0.05) is 59.0 Å². The van der Waals surface area contributed by atoms with E-state index >= 15 is 0 Å². The quantitative estimate of drug-likeness (QED) is 0.189. The SMILES string of the molecule is Cc1ccccc1N(c1cccc(-c2cccc3oc4c5c(ccc4c23)C(C)(C)c2ccccc2-5)c1)c1ccc2sc3ccccc3c2c1. The molecule has 0 saturated heterocycles. The van der Waals surface area contributed by atoms with Crippen LogP contribution >= 0.6 is 11.3 Å². The van der Waals surface area contributed by atoms with Gasteiger partial charge in [-0.2, -0.15) is 0 Å². The molecule has 9 aromatic rings. The molecule has 1 aliphatic rings. The molecule has 2 aromatic heterocycles. The van der Waals surface area contributed by atoms with Gasteiger partial charge in [-0.05, 0) is 88.8 Å². The van der Waals surface area contributed by atoms with E-state index in [4.69, 9.17) is 4.42 Å². The predicted octanol–water partition coefficient (Wildman–Crippen LogP) is 13.7. The number of hydrogen-bond acceptors (Lipinski definition) is 3. The lowest BCUT2D eigenvalue weighted by Gasteiger charge is -2.27. The number of furan rings is 1. The standard InChI is InChI=1S/C46H33NOS/c1-28-12-4-8-19-39(28)47(31-22-25-42-36(27-31)33-15-6-9-21-41(33)49-42)30-14-10-13-29(26-30)32-17-11-20-40-43(32)35-23-24-38-44(45(35)48-40)34-16-5-7-18-37(34)46(38,2)3/h4-27H,1-3H3. The van der Waals surface area contributed by atoms with Crippen LogP contribution in [0.2, 0.25) is 0 Å². The van der Waals surface area contributed by atoms with Crippen molar-refractivity contribution in [2.75, 3.05) is 4.90 Å². The highest BCUT2D eigenvalue weighted by Crippen LogP contribution is 2.53. The summed E-state index contributed by atoms with van der Waals surface area (Å²) in [5.74, 6) is 0. The molecular formula is C46H33NOS. The molecular weight excluding hydrogens is 615 g/mol. The van der Waals surface area contributed by atoms with Crippen molar-refractivity contribution < 1.29 is 4.42 Å². The second-order valence-corrected chi connectivity index (χ2v) is 14.9. The zero-order valence-corrected chi connectivity index (χ0v) is 28.4. The lowest BCUT2D eigenvalue weighted by atomic mass is 9.82. The summed E-state index contributed by atoms with van der Waals surface area (Å²) in [4.78, 5) is 2.41. The zero-order chi connectivity index (χ0) is 32.9. The van der Waals surface area contributed by atoms with Crippen molar-refractivity contribution in [2.24, 2.45) is 0 Å². The number of fused-ring (bicyclic) bond motifs is 10. The Morgan fingerprint density at radius 2 is 1.33 bits per heavy atom. The predicted molar refractivity (Wildman–Crippen MR) is 209 cm³/mol. The van der Waals surface area contributed by atoms with Crippen LogP contribution in [0, 0.1) is 6.92 Å². The van der Waals surface area contributed by atoms with Crippen molar-refractivity contribution >= 4 is 70.5 Å². The fourth-order valence-electron chi connectivity index (χ4n) is 8.22. The molecule has 0 unspecified atom stereocenters. The summed E-state index contributed by atoms with van der Waals surface area (Å²) in [5.41, 5.74) is 14.0. The number of nitrogens with zero attached hydrogens (tertiary/aromatic N) is 1. The number of rotatable bonds is 4. The summed E-state index contributed by atoms with van der Waals surface area (Å²) in [6.07, 6.45) is 0. The van der Waals surface area contributed by atoms with E-state index in [0.717, 1.165) is 38.9 Å². The number of benzene rings is 7. The van der Waals surface area contributed by atoms with Gasteiger partial charge in [-0.15, -0.1) is 11.3 Å². The summed E-state index contributed by atoms with van der Waals surface area (Å²) in [6.45, 7) is 6.84. The molecule has 0 N–H and O–H groups in total. The van der Waals surface area contributed by atoms with Crippen molar-refractivity contribution in [3.05, 3.63) is 162 Å². The second-order valence-electron chi connectivity index (χ2n) is 13.8. The van der Waals surface area contributed by atoms with E-state index in [2.05, 4.69) is 171 Å². The van der Waals surface area contributed by atoms with E-state index in [1.165, 1.54) is 59.2 Å². The maximum atomic E-state index is 6.80. The minimum absolute atomic E-state index is 0.0758. The van der Waals surface area contributed by atoms with Gasteiger partial charge in [-0.25, -0.2) is 0 Å². The van der Waals surface area contributed by atoms with Crippen LogP contribution in [0.3, 0.4) is 0 Å². The molecule has 0 atom stereocenters. The van der Waals surface area contributed by atoms with E-state index in [1.54, 1.807) is 0 Å². The van der Waals surface area contributed by atoms with E-state index in [-0.39, 0.29) is 5.41 Å². The number of aryl methyl sites for hydroxylation is 1. The Morgan fingerprint density at radius 3 is 2.24 bits per heavy atom. The van der Waals surface area contributed by atoms with Crippen LogP contribution in [0.25, 0.3) is 64.4 Å². The lowest BCUT2D eigenvalue weighted by molar-refractivity contribution is 0.653. The smallest absolute Gasteiger partial charge is 0.143 e. The minimum atomic E-state index is -0.0758. The van der Waals surface area contributed by atoms with Gasteiger partial charge in [0.25, 0.3) is 0 Å². The van der Waals surface area contributed by atoms with Crippen LogP contribution in [0.1, 0.15) is 30.5 Å². The van der Waals surface area contributed by atoms with Crippen LogP contribution in [0.4, 0.5) is 17.1 Å². The second kappa shape index (κ2) is 10.4. The minimum Gasteiger partial charge on any atom is -0.455 e. The molecule has 0 aliphatic heterocycles. The Kier molecular flexibility index (Phi) is 6.04. The summed E-state index contributed by atoms with van der Waals surface area (Å²) in [7, 11) is 0. The first-order chi connectivity index (χ1) is 24.0. The Bertz CT molecular complexity index is 2780. The largest absolute Gasteiger partial charge is 0.455 e. The van der Waals surface area contributed by atoms with Crippen molar-refractivity contribution in [3.8, 4) is 22.3 Å². The first-order valence-corrected chi connectivity index (χ1v) is 17.7. The number of thiophene rings is 1. The van der Waals surface area contributed by atoms with Gasteiger partial charge < -0.3 is 9.32 Å². The van der Waals surface area contributed by atoms with E-state index in [0.29, 0.717) is 0 Å². The zero-order valence-electron chi connectivity index (χ0n) is 27.6. The Labute approximate surface area is 289 Å². The highest BCUT2D eigenvalue weighted by molar-refractivity contribution is 7.25. The van der Waals surface area contributed by atoms with Gasteiger partial charge in [-0.1, -0.05) is 111 Å². The Hall–Kier alpha value is -5.64. The third kappa shape index (κ3) is 4.12. The Balaban J connectivity index is 1.18. The van der Waals surface area contributed by atoms with Crippen molar-refractivity contribution in [2.45, 2.75) is 26.2 Å². The van der Waals surface area contributed by atoms with E-state index in [1.807, 2.05) is 11.3 Å². The molecule has 49 heavy (non-hydrogen) atoms. The third-order valence-electron chi connectivity index (χ3n) is 10.6. The van der Waals surface area contributed by atoms with Crippen LogP contribution < -0.4 is 4.90 Å². The number of anilines is 3. The molecule has 0 fully saturated rings. The number of para-hydroxylation sites is 1. The molecule has 0 spiro atoms. The van der Waals surface area contributed by atoms with Gasteiger partial charge in [0.2, 0.25) is 0 Å². The monoisotopic (exact) mass is 647 g/mol. The van der Waals surface area contributed by atoms with E-state index in [9.17, 15) is 0 Å². The summed E-state index contributed by atoms with van der Waals surface area (Å²) in [5, 5.41) is 4.92. The molecule has 0 bridgehead atoms. The molecule has 1 aliphatic carbocycles. The lowest BCUT2D eigenvalue weighted by Crippen LogP contribution is -2.14. The molecule has 2 nitrogen and oxygen atoms in total. The van der Waals surface area contributed by atoms with Gasteiger partial charge in [0.1, 0.15) is 11.2 Å². The van der Waals surface area contributed by atoms with E-state index < -0.39 is 0 Å². The molecule has 0 saturated carbocycles. The number of hydrogen-bond donors (Lipinski definition) is 0. The van der Waals surface area contributed by atoms with Gasteiger partial charge in [-0.3, -0.25) is 0 Å². The molecule has 3 heteroatoms. The molecule has 10 rings (SSSR count). The molecule has 234 valence electrons. The topological polar surface area (TPSA) is 16.4 Å². The molecule has 0 radical (unpaired) electrons. The van der Waals surface area contributed by atoms with Crippen LogP contribution in [0.15, 0.2) is 150 Å². The van der Waals surface area contributed by atoms with Gasteiger partial charge in [0.15, 0.2) is 0 Å². The molecule has 7 aromatic carbocycles. The summed E-state index contributed by atoms with van der Waals surface area (Å²) in [6, 6.07) is 53.1. The van der Waals surface area contributed by atoms with Gasteiger partial charge in [0.05, 0.1) is 0 Å². The average Bonchev–Trinajstić information content (AvgIpc) is 3.77. The maximum absolute atomic E-state index is 6.80. The van der Waals surface area contributed by atoms with Crippen molar-refractivity contribution in [1.82, 2.24) is 0 Å². The van der Waals surface area contributed by atoms with Crippen LogP contribution in [0.5, 0.6) is 0 Å². The van der Waals surface area contributed by atoms with Crippen molar-refractivity contribution in [3.63, 3.8) is 0 Å². The highest BCUT2D eigenvalue weighted by Gasteiger charge is 2.37. The first-order valence-electron chi connectivity index (χ1n) is 16.9. The average molecular weight is 648 g/mol. The van der Waals surface area contributed by atoms with Crippen LogP contribution in [-0.4, -0.2) is 0 Å². The van der Waals surface area contributed by atoms with Crippen LogP contribution in [-0.2, 0) is 5.41 Å². The Morgan fingerprint density at radius 1 is 0.571 bits per heavy atom. The normalized spacial score (nSPS) is 13.4. The summed E-state index contributed by atoms with van der Waals surface area (Å²) >= 11 is 1.86. The maximum Gasteiger partial charge on any atom is 0.143 e. The summed E-state index contributed by atoms with van der Waals surface area (Å²) < 4.78 is 9.42. The third-order valence-corrected chi connectivity index (χ3v) is 11.8. The van der Waals surface area contributed by atoms with Gasteiger partial charge >= 0.3 is 0 Å². The van der Waals surface area contributed by atoms with Crippen molar-refractivity contribution in [1.29, 1.82) is 0 Å². The first kappa shape index (κ1) is 28.4. The fraction of sp³-hybridized carbons (Fsp3) is 0.0870.